The summed E-state index contributed by atoms with van der Waals surface area (Å²) in [7, 11) is 0. The Hall–Kier alpha value is -3.13. The molecule has 0 aliphatic heterocycles. The van der Waals surface area contributed by atoms with E-state index < -0.39 is 0 Å². The number of nitrogens with zero attached hydrogens (tertiary/aromatic N) is 3. The van der Waals surface area contributed by atoms with Crippen LogP contribution >= 0.6 is 0 Å². The van der Waals surface area contributed by atoms with Gasteiger partial charge in [0.25, 0.3) is 0 Å². The minimum atomic E-state index is -0.142. The number of Topliss-reactive ketones (excluding diaryl/α,β-unsaturated/α-hetero) is 2. The monoisotopic (exact) mass is 289 g/mol. The molecule has 0 bridgehead atoms. The Morgan fingerprint density at radius 3 is 2.23 bits per heavy atom. The minimum absolute atomic E-state index is 0.0749. The molecule has 22 heavy (non-hydrogen) atoms. The molecule has 0 atom stereocenters. The van der Waals surface area contributed by atoms with Crippen LogP contribution in [0.25, 0.3) is 0 Å². The van der Waals surface area contributed by atoms with Crippen molar-refractivity contribution >= 4 is 11.6 Å². The predicted molar refractivity (Wildman–Crippen MR) is 78.3 cm³/mol. The lowest BCUT2D eigenvalue weighted by atomic mass is 9.82. The van der Waals surface area contributed by atoms with Gasteiger partial charge in [-0.25, -0.2) is 9.97 Å². The van der Waals surface area contributed by atoms with E-state index in [9.17, 15) is 9.59 Å². The Balaban J connectivity index is 2.00. The van der Waals surface area contributed by atoms with Gasteiger partial charge in [-0.1, -0.05) is 24.3 Å². The van der Waals surface area contributed by atoms with Crippen molar-refractivity contribution in [3.05, 3.63) is 70.3 Å². The average Bonchev–Trinajstić information content (AvgIpc) is 2.57. The van der Waals surface area contributed by atoms with E-state index in [0.717, 1.165) is 0 Å². The van der Waals surface area contributed by atoms with E-state index in [1.807, 2.05) is 6.07 Å². The van der Waals surface area contributed by atoms with Crippen LogP contribution in [-0.2, 0) is 6.42 Å². The molecule has 0 saturated carbocycles. The standard InChI is InChI=1S/C17H11N3O2/c1-10-14(6-11-8-19-15(7-18)20-9-11)17(22)13-5-3-2-4-12(13)16(10)21/h2-5,8-9H,6H2,1H3. The number of benzene rings is 1. The summed E-state index contributed by atoms with van der Waals surface area (Å²) < 4.78 is 0. The SMILES string of the molecule is CC1=C(Cc2cnc(C#N)nc2)C(=O)c2ccccc2C1=O. The normalized spacial score (nSPS) is 13.8. The molecule has 5 nitrogen and oxygen atoms in total. The molecule has 2 aromatic rings. The first-order valence-electron chi connectivity index (χ1n) is 6.71. The molecule has 0 saturated heterocycles. The van der Waals surface area contributed by atoms with Gasteiger partial charge in [-0.05, 0) is 12.5 Å². The highest BCUT2D eigenvalue weighted by Gasteiger charge is 2.29. The van der Waals surface area contributed by atoms with Crippen molar-refractivity contribution in [2.75, 3.05) is 0 Å². The van der Waals surface area contributed by atoms with E-state index >= 15 is 0 Å². The molecule has 0 spiro atoms. The summed E-state index contributed by atoms with van der Waals surface area (Å²) in [6.45, 7) is 1.66. The molecular formula is C17H11N3O2. The summed E-state index contributed by atoms with van der Waals surface area (Å²) in [5.74, 6) is -0.192. The topological polar surface area (TPSA) is 83.7 Å². The maximum Gasteiger partial charge on any atom is 0.232 e. The second kappa shape index (κ2) is 5.34. The molecule has 1 aromatic heterocycles. The number of hydrogen-bond acceptors (Lipinski definition) is 5. The van der Waals surface area contributed by atoms with Gasteiger partial charge in [0.15, 0.2) is 11.6 Å². The Bertz CT molecular complexity index is 858. The fourth-order valence-electron chi connectivity index (χ4n) is 2.47. The van der Waals surface area contributed by atoms with E-state index in [-0.39, 0.29) is 23.8 Å². The van der Waals surface area contributed by atoms with Gasteiger partial charge in [-0.3, -0.25) is 9.59 Å². The molecule has 1 aromatic carbocycles. The van der Waals surface area contributed by atoms with Crippen LogP contribution in [0.15, 0.2) is 47.8 Å². The van der Waals surface area contributed by atoms with Gasteiger partial charge in [-0.2, -0.15) is 5.26 Å². The zero-order valence-corrected chi connectivity index (χ0v) is 11.8. The molecule has 0 amide bonds. The number of fused-ring (bicyclic) bond motifs is 1. The van der Waals surface area contributed by atoms with Crippen LogP contribution in [0.2, 0.25) is 0 Å². The molecule has 1 aliphatic carbocycles. The molecular weight excluding hydrogens is 278 g/mol. The number of rotatable bonds is 2. The highest BCUT2D eigenvalue weighted by atomic mass is 16.1. The van der Waals surface area contributed by atoms with Crippen molar-refractivity contribution in [3.8, 4) is 6.07 Å². The van der Waals surface area contributed by atoms with Crippen molar-refractivity contribution in [2.45, 2.75) is 13.3 Å². The lowest BCUT2D eigenvalue weighted by molar-refractivity contribution is 0.0973. The highest BCUT2D eigenvalue weighted by Crippen LogP contribution is 2.27. The quantitative estimate of drug-likeness (QED) is 0.846. The van der Waals surface area contributed by atoms with Crippen LogP contribution in [0.4, 0.5) is 0 Å². The number of carbonyl (C=O) groups excluding carboxylic acids is 2. The first-order valence-corrected chi connectivity index (χ1v) is 6.71. The third kappa shape index (κ3) is 2.21. The van der Waals surface area contributed by atoms with E-state index in [1.54, 1.807) is 31.2 Å². The van der Waals surface area contributed by atoms with Crippen LogP contribution in [0.1, 0.15) is 39.0 Å². The van der Waals surface area contributed by atoms with Crippen molar-refractivity contribution in [1.82, 2.24) is 9.97 Å². The number of nitriles is 1. The first kappa shape index (κ1) is 13.8. The molecule has 0 unspecified atom stereocenters. The fraction of sp³-hybridized carbons (Fsp3) is 0.118. The van der Waals surface area contributed by atoms with Crippen LogP contribution in [-0.4, -0.2) is 21.5 Å². The summed E-state index contributed by atoms with van der Waals surface area (Å²) in [6, 6.07) is 8.66. The lowest BCUT2D eigenvalue weighted by Gasteiger charge is -2.18. The predicted octanol–water partition coefficient (Wildman–Crippen LogP) is 2.29. The Morgan fingerprint density at radius 2 is 1.64 bits per heavy atom. The molecule has 3 rings (SSSR count). The van der Waals surface area contributed by atoms with Crippen LogP contribution in [0.3, 0.4) is 0 Å². The van der Waals surface area contributed by atoms with Crippen molar-refractivity contribution in [3.63, 3.8) is 0 Å². The van der Waals surface area contributed by atoms with Crippen molar-refractivity contribution in [1.29, 1.82) is 5.26 Å². The van der Waals surface area contributed by atoms with Crippen molar-refractivity contribution in [2.24, 2.45) is 0 Å². The zero-order chi connectivity index (χ0) is 15.7. The maximum atomic E-state index is 12.6. The van der Waals surface area contributed by atoms with Gasteiger partial charge in [-0.15, -0.1) is 0 Å². The fourth-order valence-corrected chi connectivity index (χ4v) is 2.47. The summed E-state index contributed by atoms with van der Waals surface area (Å²) >= 11 is 0. The Morgan fingerprint density at radius 1 is 1.05 bits per heavy atom. The van der Waals surface area contributed by atoms with Gasteiger partial charge in [0.05, 0.1) is 0 Å². The minimum Gasteiger partial charge on any atom is -0.289 e. The van der Waals surface area contributed by atoms with Gasteiger partial charge in [0.2, 0.25) is 5.82 Å². The Labute approximate surface area is 127 Å². The molecule has 0 fully saturated rings. The third-order valence-electron chi connectivity index (χ3n) is 3.67. The second-order valence-electron chi connectivity index (χ2n) is 5.01. The Kier molecular flexibility index (Phi) is 3.36. The largest absolute Gasteiger partial charge is 0.289 e. The van der Waals surface area contributed by atoms with Crippen LogP contribution < -0.4 is 0 Å². The average molecular weight is 289 g/mol. The lowest BCUT2D eigenvalue weighted by Crippen LogP contribution is -2.22. The van der Waals surface area contributed by atoms with E-state index in [2.05, 4.69) is 9.97 Å². The molecule has 5 heteroatoms. The van der Waals surface area contributed by atoms with Gasteiger partial charge >= 0.3 is 0 Å². The molecule has 0 N–H and O–H groups in total. The van der Waals surface area contributed by atoms with Gasteiger partial charge < -0.3 is 0 Å². The number of carbonyl (C=O) groups is 2. The third-order valence-corrected chi connectivity index (χ3v) is 3.67. The van der Waals surface area contributed by atoms with E-state index in [1.165, 1.54) is 12.4 Å². The summed E-state index contributed by atoms with van der Waals surface area (Å²) in [5, 5.41) is 8.69. The number of aromatic nitrogens is 2. The summed E-state index contributed by atoms with van der Waals surface area (Å²) in [4.78, 5) is 32.7. The number of hydrogen-bond donors (Lipinski definition) is 0. The smallest absolute Gasteiger partial charge is 0.232 e. The second-order valence-corrected chi connectivity index (χ2v) is 5.01. The van der Waals surface area contributed by atoms with Crippen LogP contribution in [0, 0.1) is 11.3 Å². The van der Waals surface area contributed by atoms with E-state index in [4.69, 9.17) is 5.26 Å². The molecule has 1 aliphatic rings. The van der Waals surface area contributed by atoms with Crippen LogP contribution in [0.5, 0.6) is 0 Å². The molecule has 0 radical (unpaired) electrons. The summed E-state index contributed by atoms with van der Waals surface area (Å²) in [6.07, 6.45) is 3.28. The summed E-state index contributed by atoms with van der Waals surface area (Å²) in [5.41, 5.74) is 2.48. The number of allylic oxidation sites excluding steroid dienone is 2. The highest BCUT2D eigenvalue weighted by molar-refractivity contribution is 6.26. The number of ketones is 2. The van der Waals surface area contributed by atoms with Gasteiger partial charge in [0, 0.05) is 41.1 Å². The molecule has 1 heterocycles. The zero-order valence-electron chi connectivity index (χ0n) is 11.8. The van der Waals surface area contributed by atoms with E-state index in [0.29, 0.717) is 27.8 Å². The van der Waals surface area contributed by atoms with Crippen molar-refractivity contribution < 1.29 is 9.59 Å². The maximum absolute atomic E-state index is 12.6. The molecule has 106 valence electrons. The van der Waals surface area contributed by atoms with Gasteiger partial charge in [0.1, 0.15) is 6.07 Å². The first-order chi connectivity index (χ1) is 10.6.